The van der Waals surface area contributed by atoms with E-state index in [2.05, 4.69) is 44.3 Å². The molecule has 1 aromatic carbocycles. The van der Waals surface area contributed by atoms with Gasteiger partial charge in [-0.25, -0.2) is 0 Å². The SMILES string of the molecule is CC(C)(C)NC1(C#N)Cc2ccccc2C1. The summed E-state index contributed by atoms with van der Waals surface area (Å²) >= 11 is 0. The van der Waals surface area contributed by atoms with E-state index in [0.717, 1.165) is 12.8 Å². The Labute approximate surface area is 97.3 Å². The first-order valence-corrected chi connectivity index (χ1v) is 5.72. The van der Waals surface area contributed by atoms with Crippen molar-refractivity contribution in [2.75, 3.05) is 0 Å². The van der Waals surface area contributed by atoms with Crippen LogP contribution in [0.1, 0.15) is 31.9 Å². The van der Waals surface area contributed by atoms with E-state index < -0.39 is 5.54 Å². The van der Waals surface area contributed by atoms with Gasteiger partial charge in [0.05, 0.1) is 6.07 Å². The van der Waals surface area contributed by atoms with Gasteiger partial charge < -0.3 is 0 Å². The molecule has 0 heterocycles. The number of benzene rings is 1. The minimum atomic E-state index is -0.415. The number of nitrogens with zero attached hydrogens (tertiary/aromatic N) is 1. The number of hydrogen-bond donors (Lipinski definition) is 1. The Balaban J connectivity index is 2.27. The maximum absolute atomic E-state index is 9.44. The molecule has 16 heavy (non-hydrogen) atoms. The average Bonchev–Trinajstić information content (AvgIpc) is 2.53. The lowest BCUT2D eigenvalue weighted by Gasteiger charge is -2.32. The molecule has 0 saturated heterocycles. The maximum Gasteiger partial charge on any atom is 0.115 e. The highest BCUT2D eigenvalue weighted by Crippen LogP contribution is 2.31. The molecule has 0 spiro atoms. The molecule has 2 heteroatoms. The highest BCUT2D eigenvalue weighted by Gasteiger charge is 2.39. The van der Waals surface area contributed by atoms with Crippen LogP contribution < -0.4 is 5.32 Å². The van der Waals surface area contributed by atoms with Crippen molar-refractivity contribution in [1.82, 2.24) is 5.32 Å². The minimum Gasteiger partial charge on any atom is -0.294 e. The Morgan fingerprint density at radius 3 is 2.06 bits per heavy atom. The smallest absolute Gasteiger partial charge is 0.115 e. The molecule has 0 saturated carbocycles. The zero-order chi connectivity index (χ0) is 11.8. The van der Waals surface area contributed by atoms with Crippen molar-refractivity contribution in [2.24, 2.45) is 0 Å². The van der Waals surface area contributed by atoms with Gasteiger partial charge in [-0.15, -0.1) is 0 Å². The second-order valence-corrected chi connectivity index (χ2v) is 5.69. The summed E-state index contributed by atoms with van der Waals surface area (Å²) in [6, 6.07) is 10.8. The Bertz CT molecular complexity index is 410. The summed E-state index contributed by atoms with van der Waals surface area (Å²) in [4.78, 5) is 0. The van der Waals surface area contributed by atoms with E-state index in [1.54, 1.807) is 0 Å². The minimum absolute atomic E-state index is 0.0300. The third-order valence-corrected chi connectivity index (χ3v) is 2.93. The number of nitrogens with one attached hydrogen (secondary N) is 1. The van der Waals surface area contributed by atoms with Crippen molar-refractivity contribution in [3.05, 3.63) is 35.4 Å². The molecule has 0 bridgehead atoms. The molecule has 0 radical (unpaired) electrons. The third kappa shape index (κ3) is 2.10. The fourth-order valence-electron chi connectivity index (χ4n) is 2.53. The van der Waals surface area contributed by atoms with Crippen LogP contribution in [0.4, 0.5) is 0 Å². The molecule has 1 aliphatic carbocycles. The summed E-state index contributed by atoms with van der Waals surface area (Å²) in [6.07, 6.45) is 1.63. The lowest BCUT2D eigenvalue weighted by atomic mass is 9.93. The lowest BCUT2D eigenvalue weighted by molar-refractivity contribution is 0.308. The molecule has 2 nitrogen and oxygen atoms in total. The van der Waals surface area contributed by atoms with Crippen LogP contribution in [0.5, 0.6) is 0 Å². The van der Waals surface area contributed by atoms with Crippen LogP contribution in [0.25, 0.3) is 0 Å². The molecule has 1 aliphatic rings. The van der Waals surface area contributed by atoms with Crippen LogP contribution in [0.15, 0.2) is 24.3 Å². The average molecular weight is 214 g/mol. The standard InChI is InChI=1S/C14H18N2/c1-13(2,3)16-14(10-15)8-11-6-4-5-7-12(11)9-14/h4-7,16H,8-9H2,1-3H3. The fraction of sp³-hybridized carbons (Fsp3) is 0.500. The lowest BCUT2D eigenvalue weighted by Crippen LogP contribution is -2.54. The van der Waals surface area contributed by atoms with Crippen LogP contribution in [0, 0.1) is 11.3 Å². The van der Waals surface area contributed by atoms with E-state index in [9.17, 15) is 5.26 Å². The summed E-state index contributed by atoms with van der Waals surface area (Å²) in [5.41, 5.74) is 2.17. The van der Waals surface area contributed by atoms with Gasteiger partial charge in [-0.3, -0.25) is 5.32 Å². The Hall–Kier alpha value is -1.33. The van der Waals surface area contributed by atoms with E-state index >= 15 is 0 Å². The van der Waals surface area contributed by atoms with Gasteiger partial charge in [-0.1, -0.05) is 24.3 Å². The zero-order valence-corrected chi connectivity index (χ0v) is 10.2. The first-order chi connectivity index (χ1) is 7.44. The first-order valence-electron chi connectivity index (χ1n) is 5.72. The van der Waals surface area contributed by atoms with E-state index in [4.69, 9.17) is 0 Å². The van der Waals surface area contributed by atoms with E-state index in [-0.39, 0.29) is 5.54 Å². The van der Waals surface area contributed by atoms with Gasteiger partial charge in [0.25, 0.3) is 0 Å². The predicted octanol–water partition coefficient (Wildman–Crippen LogP) is 2.44. The molecule has 0 amide bonds. The van der Waals surface area contributed by atoms with Crippen LogP contribution in [0.2, 0.25) is 0 Å². The topological polar surface area (TPSA) is 35.8 Å². The van der Waals surface area contributed by atoms with Crippen molar-refractivity contribution in [3.63, 3.8) is 0 Å². The second-order valence-electron chi connectivity index (χ2n) is 5.69. The second kappa shape index (κ2) is 3.61. The Morgan fingerprint density at radius 1 is 1.19 bits per heavy atom. The van der Waals surface area contributed by atoms with Crippen LogP contribution in [-0.4, -0.2) is 11.1 Å². The molecule has 2 rings (SSSR count). The molecular formula is C14H18N2. The summed E-state index contributed by atoms with van der Waals surface area (Å²) in [7, 11) is 0. The normalized spacial score (nSPS) is 17.9. The molecule has 84 valence electrons. The fourth-order valence-corrected chi connectivity index (χ4v) is 2.53. The molecule has 1 N–H and O–H groups in total. The maximum atomic E-state index is 9.44. The van der Waals surface area contributed by atoms with Crippen molar-refractivity contribution in [1.29, 1.82) is 5.26 Å². The highest BCUT2D eigenvalue weighted by molar-refractivity contribution is 5.40. The third-order valence-electron chi connectivity index (χ3n) is 2.93. The van der Waals surface area contributed by atoms with Gasteiger partial charge in [0.2, 0.25) is 0 Å². The Morgan fingerprint density at radius 2 is 1.69 bits per heavy atom. The van der Waals surface area contributed by atoms with Crippen LogP contribution in [-0.2, 0) is 12.8 Å². The van der Waals surface area contributed by atoms with E-state index in [0.29, 0.717) is 0 Å². The highest BCUT2D eigenvalue weighted by atomic mass is 15.0. The van der Waals surface area contributed by atoms with Gasteiger partial charge >= 0.3 is 0 Å². The molecule has 1 aromatic rings. The zero-order valence-electron chi connectivity index (χ0n) is 10.2. The van der Waals surface area contributed by atoms with Crippen molar-refractivity contribution < 1.29 is 0 Å². The van der Waals surface area contributed by atoms with Crippen molar-refractivity contribution in [2.45, 2.75) is 44.7 Å². The largest absolute Gasteiger partial charge is 0.294 e. The van der Waals surface area contributed by atoms with Crippen molar-refractivity contribution in [3.8, 4) is 6.07 Å². The first kappa shape index (κ1) is 11.2. The predicted molar refractivity (Wildman–Crippen MR) is 65.1 cm³/mol. The number of rotatable bonds is 1. The molecule has 0 aromatic heterocycles. The van der Waals surface area contributed by atoms with Crippen LogP contribution in [0.3, 0.4) is 0 Å². The van der Waals surface area contributed by atoms with E-state index in [1.807, 2.05) is 12.1 Å². The molecule has 0 fully saturated rings. The molecule has 0 aliphatic heterocycles. The summed E-state index contributed by atoms with van der Waals surface area (Å²) in [5.74, 6) is 0. The molecule has 0 unspecified atom stereocenters. The molecular weight excluding hydrogens is 196 g/mol. The van der Waals surface area contributed by atoms with E-state index in [1.165, 1.54) is 11.1 Å². The van der Waals surface area contributed by atoms with Gasteiger partial charge in [0.15, 0.2) is 0 Å². The quantitative estimate of drug-likeness (QED) is 0.779. The summed E-state index contributed by atoms with van der Waals surface area (Å²) < 4.78 is 0. The number of fused-ring (bicyclic) bond motifs is 1. The van der Waals surface area contributed by atoms with Gasteiger partial charge in [0.1, 0.15) is 5.54 Å². The number of nitriles is 1. The van der Waals surface area contributed by atoms with Gasteiger partial charge in [0, 0.05) is 18.4 Å². The Kier molecular flexibility index (Phi) is 2.52. The van der Waals surface area contributed by atoms with Crippen LogP contribution >= 0.6 is 0 Å². The van der Waals surface area contributed by atoms with Crippen molar-refractivity contribution >= 4 is 0 Å². The monoisotopic (exact) mass is 214 g/mol. The molecule has 0 atom stereocenters. The van der Waals surface area contributed by atoms with Gasteiger partial charge in [-0.05, 0) is 31.9 Å². The van der Waals surface area contributed by atoms with Gasteiger partial charge in [-0.2, -0.15) is 5.26 Å². The number of hydrogen-bond acceptors (Lipinski definition) is 2. The summed E-state index contributed by atoms with van der Waals surface area (Å²) in [6.45, 7) is 6.32. The summed E-state index contributed by atoms with van der Waals surface area (Å²) in [5, 5.41) is 12.9.